The molecule has 134 valence electrons. The lowest BCUT2D eigenvalue weighted by Crippen LogP contribution is -2.16. The van der Waals surface area contributed by atoms with Gasteiger partial charge in [0.05, 0.1) is 4.90 Å². The molecule has 0 radical (unpaired) electrons. The third kappa shape index (κ3) is 4.24. The Hall–Kier alpha value is -2.78. The van der Waals surface area contributed by atoms with Crippen LogP contribution in [0.2, 0.25) is 0 Å². The maximum Gasteiger partial charge on any atom is 0.261 e. The summed E-state index contributed by atoms with van der Waals surface area (Å²) in [6.07, 6.45) is 0. The summed E-state index contributed by atoms with van der Waals surface area (Å²) in [6.45, 7) is 3.69. The molecule has 2 aromatic carbocycles. The number of carbonyl (C=O) groups excluding carboxylic acids is 1. The molecule has 1 heterocycles. The van der Waals surface area contributed by atoms with Crippen LogP contribution in [0.1, 0.15) is 20.9 Å². The molecule has 3 rings (SSSR count). The van der Waals surface area contributed by atoms with Crippen LogP contribution in [-0.4, -0.2) is 24.5 Å². The monoisotopic (exact) mass is 388 g/mol. The Balaban J connectivity index is 1.81. The minimum Gasteiger partial charge on any atom is -0.296 e. The van der Waals surface area contributed by atoms with Crippen LogP contribution in [0.3, 0.4) is 0 Å². The van der Waals surface area contributed by atoms with E-state index >= 15 is 0 Å². The van der Waals surface area contributed by atoms with Gasteiger partial charge in [0.25, 0.3) is 15.9 Å². The van der Waals surface area contributed by atoms with E-state index in [1.807, 2.05) is 19.1 Å². The molecule has 7 nitrogen and oxygen atoms in total. The number of carbonyl (C=O) groups is 1. The summed E-state index contributed by atoms with van der Waals surface area (Å²) in [5.74, 6) is -0.450. The molecule has 0 fully saturated rings. The molecule has 0 aliphatic rings. The van der Waals surface area contributed by atoms with E-state index in [0.29, 0.717) is 10.8 Å². The van der Waals surface area contributed by atoms with E-state index in [4.69, 9.17) is 0 Å². The number of nitrogens with one attached hydrogen (secondary N) is 2. The summed E-state index contributed by atoms with van der Waals surface area (Å²) in [5.41, 5.74) is 1.69. The van der Waals surface area contributed by atoms with E-state index in [-0.39, 0.29) is 10.5 Å². The fourth-order valence-corrected chi connectivity index (χ4v) is 3.85. The van der Waals surface area contributed by atoms with Crippen molar-refractivity contribution in [1.29, 1.82) is 0 Å². The van der Waals surface area contributed by atoms with Gasteiger partial charge >= 0.3 is 0 Å². The molecule has 0 unspecified atom stereocenters. The van der Waals surface area contributed by atoms with Crippen LogP contribution < -0.4 is 10.0 Å². The van der Waals surface area contributed by atoms with Gasteiger partial charge in [-0.05, 0) is 44.2 Å². The first kappa shape index (κ1) is 18.0. The highest BCUT2D eigenvalue weighted by atomic mass is 32.2. The molecule has 9 heteroatoms. The highest BCUT2D eigenvalue weighted by molar-refractivity contribution is 7.92. The standard InChI is InChI=1S/C17H16N4O3S2/c1-11-6-8-14(9-7-11)21-26(23,24)15-5-3-4-13(10-15)16(22)18-17-20-19-12(2)25-17/h3-10,21H,1-2H3,(H,18,20,22). The van der Waals surface area contributed by atoms with Crippen LogP contribution in [-0.2, 0) is 10.0 Å². The van der Waals surface area contributed by atoms with Gasteiger partial charge in [0.1, 0.15) is 5.01 Å². The molecule has 0 atom stereocenters. The average Bonchev–Trinajstić information content (AvgIpc) is 3.02. The predicted molar refractivity (Wildman–Crippen MR) is 101 cm³/mol. The minimum atomic E-state index is -3.81. The Kier molecular flexibility index (Phi) is 5.01. The molecule has 0 saturated heterocycles. The van der Waals surface area contributed by atoms with Crippen molar-refractivity contribution in [2.75, 3.05) is 10.0 Å². The number of aromatic nitrogens is 2. The minimum absolute atomic E-state index is 0.000769. The van der Waals surface area contributed by atoms with Gasteiger partial charge in [0.2, 0.25) is 5.13 Å². The van der Waals surface area contributed by atoms with Gasteiger partial charge in [-0.2, -0.15) is 0 Å². The molecular formula is C17H16N4O3S2. The molecule has 26 heavy (non-hydrogen) atoms. The van der Waals surface area contributed by atoms with E-state index in [2.05, 4.69) is 20.2 Å². The number of anilines is 2. The fourth-order valence-electron chi connectivity index (χ4n) is 2.16. The van der Waals surface area contributed by atoms with E-state index in [1.165, 1.54) is 35.6 Å². The number of rotatable bonds is 5. The second-order valence-electron chi connectivity index (χ2n) is 5.58. The molecule has 1 amide bonds. The van der Waals surface area contributed by atoms with Crippen molar-refractivity contribution in [2.24, 2.45) is 0 Å². The highest BCUT2D eigenvalue weighted by Crippen LogP contribution is 2.19. The van der Waals surface area contributed by atoms with E-state index < -0.39 is 15.9 Å². The molecule has 1 aromatic heterocycles. The van der Waals surface area contributed by atoms with Crippen molar-refractivity contribution in [3.05, 3.63) is 64.7 Å². The zero-order chi connectivity index (χ0) is 18.7. The van der Waals surface area contributed by atoms with Crippen LogP contribution in [0.4, 0.5) is 10.8 Å². The first-order chi connectivity index (χ1) is 12.3. The number of hydrogen-bond acceptors (Lipinski definition) is 6. The fraction of sp³-hybridized carbons (Fsp3) is 0.118. The normalized spacial score (nSPS) is 11.2. The highest BCUT2D eigenvalue weighted by Gasteiger charge is 2.17. The average molecular weight is 388 g/mol. The quantitative estimate of drug-likeness (QED) is 0.699. The zero-order valence-corrected chi connectivity index (χ0v) is 15.7. The van der Waals surface area contributed by atoms with Crippen LogP contribution in [0, 0.1) is 13.8 Å². The maximum atomic E-state index is 12.6. The largest absolute Gasteiger partial charge is 0.296 e. The Morgan fingerprint density at radius 1 is 1.04 bits per heavy atom. The SMILES string of the molecule is Cc1ccc(NS(=O)(=O)c2cccc(C(=O)Nc3nnc(C)s3)c2)cc1. The van der Waals surface area contributed by atoms with Gasteiger partial charge in [-0.3, -0.25) is 14.8 Å². The van der Waals surface area contributed by atoms with Gasteiger partial charge < -0.3 is 0 Å². The lowest BCUT2D eigenvalue weighted by molar-refractivity contribution is 0.102. The van der Waals surface area contributed by atoms with Gasteiger partial charge in [-0.25, -0.2) is 8.42 Å². The second-order valence-corrected chi connectivity index (χ2v) is 8.44. The summed E-state index contributed by atoms with van der Waals surface area (Å²) >= 11 is 1.24. The summed E-state index contributed by atoms with van der Waals surface area (Å²) < 4.78 is 27.6. The summed E-state index contributed by atoms with van der Waals surface area (Å²) in [6, 6.07) is 12.8. The Bertz CT molecular complexity index is 1040. The molecular weight excluding hydrogens is 372 g/mol. The molecule has 2 N–H and O–H groups in total. The van der Waals surface area contributed by atoms with E-state index in [1.54, 1.807) is 19.1 Å². The maximum absolute atomic E-state index is 12.6. The van der Waals surface area contributed by atoms with Crippen molar-refractivity contribution in [2.45, 2.75) is 18.7 Å². The van der Waals surface area contributed by atoms with Crippen LogP contribution in [0.5, 0.6) is 0 Å². The van der Waals surface area contributed by atoms with Crippen LogP contribution >= 0.6 is 11.3 Å². The lowest BCUT2D eigenvalue weighted by Gasteiger charge is -2.09. The van der Waals surface area contributed by atoms with Crippen molar-refractivity contribution in [3.63, 3.8) is 0 Å². The molecule has 3 aromatic rings. The molecule has 0 aliphatic heterocycles. The number of hydrogen-bond donors (Lipinski definition) is 2. The number of benzene rings is 2. The third-order valence-corrected chi connectivity index (χ3v) is 5.59. The smallest absolute Gasteiger partial charge is 0.261 e. The van der Waals surface area contributed by atoms with Crippen molar-refractivity contribution >= 4 is 38.1 Å². The lowest BCUT2D eigenvalue weighted by atomic mass is 10.2. The number of amides is 1. The first-order valence-corrected chi connectivity index (χ1v) is 9.94. The Morgan fingerprint density at radius 3 is 2.42 bits per heavy atom. The molecule has 0 bridgehead atoms. The molecule has 0 spiro atoms. The number of sulfonamides is 1. The van der Waals surface area contributed by atoms with Gasteiger partial charge in [0.15, 0.2) is 0 Å². The summed E-state index contributed by atoms with van der Waals surface area (Å²) in [4.78, 5) is 12.3. The number of nitrogens with zero attached hydrogens (tertiary/aromatic N) is 2. The molecule has 0 saturated carbocycles. The Labute approximate surface area is 155 Å². The number of aryl methyl sites for hydroxylation is 2. The topological polar surface area (TPSA) is 101 Å². The van der Waals surface area contributed by atoms with Crippen LogP contribution in [0.25, 0.3) is 0 Å². The van der Waals surface area contributed by atoms with Gasteiger partial charge in [-0.15, -0.1) is 10.2 Å². The van der Waals surface area contributed by atoms with Gasteiger partial charge in [0, 0.05) is 11.3 Å². The summed E-state index contributed by atoms with van der Waals surface area (Å²) in [7, 11) is -3.81. The van der Waals surface area contributed by atoms with Gasteiger partial charge in [-0.1, -0.05) is 35.1 Å². The van der Waals surface area contributed by atoms with Crippen molar-refractivity contribution < 1.29 is 13.2 Å². The van der Waals surface area contributed by atoms with E-state index in [9.17, 15) is 13.2 Å². The first-order valence-electron chi connectivity index (χ1n) is 7.64. The third-order valence-electron chi connectivity index (χ3n) is 3.46. The summed E-state index contributed by atoms with van der Waals surface area (Å²) in [5, 5.41) is 11.3. The van der Waals surface area contributed by atoms with Crippen molar-refractivity contribution in [3.8, 4) is 0 Å². The molecule has 0 aliphatic carbocycles. The zero-order valence-electron chi connectivity index (χ0n) is 14.1. The predicted octanol–water partition coefficient (Wildman–Crippen LogP) is 3.21. The van der Waals surface area contributed by atoms with Crippen molar-refractivity contribution in [1.82, 2.24) is 10.2 Å². The van der Waals surface area contributed by atoms with Crippen LogP contribution in [0.15, 0.2) is 53.4 Å². The Morgan fingerprint density at radius 2 is 1.77 bits per heavy atom. The van der Waals surface area contributed by atoms with E-state index in [0.717, 1.165) is 10.6 Å². The second kappa shape index (κ2) is 7.22.